The quantitative estimate of drug-likeness (QED) is 0.0799. The lowest BCUT2D eigenvalue weighted by molar-refractivity contribution is -0.141. The molecule has 1 saturated carbocycles. The lowest BCUT2D eigenvalue weighted by atomic mass is 9.84. The molecule has 18 heteroatoms. The van der Waals surface area contributed by atoms with E-state index in [0.717, 1.165) is 43.2 Å². The van der Waals surface area contributed by atoms with Crippen LogP contribution in [0.5, 0.6) is 0 Å². The fraction of sp³-hybridized carbons (Fsp3) is 0.489. The summed E-state index contributed by atoms with van der Waals surface area (Å²) in [7, 11) is -4.31. The van der Waals surface area contributed by atoms with Gasteiger partial charge in [-0.25, -0.2) is 18.1 Å². The molecule has 1 aliphatic rings. The number of nitrogens with zero attached hydrogens (tertiary/aromatic N) is 2. The number of rotatable bonds is 22. The highest BCUT2D eigenvalue weighted by molar-refractivity contribution is 7.90. The minimum absolute atomic E-state index is 0.0128. The number of benzene rings is 2. The van der Waals surface area contributed by atoms with E-state index in [-0.39, 0.29) is 41.7 Å². The zero-order valence-corrected chi connectivity index (χ0v) is 37.3. The van der Waals surface area contributed by atoms with Crippen molar-refractivity contribution in [1.82, 2.24) is 41.3 Å². The Morgan fingerprint density at radius 2 is 1.35 bits per heavy atom. The zero-order chi connectivity index (χ0) is 46.1. The standard InChI is InChI=1S/C45H60N8O9S/c1-6-29(5)39(52-42(57)35(24-28(3)4)50-43(58)37-26-46-22-23-47-37)44(59)51-36(25-30-14-10-8-11-15-30)41(56)49-34(7-2)40(55)45(60)48-27-38(54)53-63(61,62)33-20-18-32(19-21-33)31-16-12-9-13-17-31/h9,12-13,16-23,26,28-30,34-36,39H,6-8,10-11,14-15,24-25,27H2,1-5H3,(H,48,60)(H,49,56)(H,50,58)(H,51,59)(H,52,57)(H,53,54)/t29-,34-,35-,36-,39?/m0/s1. The molecule has 1 unspecified atom stereocenters. The molecule has 1 heterocycles. The predicted molar refractivity (Wildman–Crippen MR) is 235 cm³/mol. The molecule has 1 aliphatic carbocycles. The van der Waals surface area contributed by atoms with Crippen LogP contribution in [-0.2, 0) is 38.8 Å². The summed E-state index contributed by atoms with van der Waals surface area (Å²) in [6, 6.07) is 10.5. The molecule has 63 heavy (non-hydrogen) atoms. The first-order valence-electron chi connectivity index (χ1n) is 21.5. The topological polar surface area (TPSA) is 252 Å². The van der Waals surface area contributed by atoms with Crippen LogP contribution in [0.3, 0.4) is 0 Å². The van der Waals surface area contributed by atoms with E-state index in [2.05, 4.69) is 36.6 Å². The zero-order valence-electron chi connectivity index (χ0n) is 36.5. The second kappa shape index (κ2) is 24.0. The number of carbonyl (C=O) groups is 7. The van der Waals surface area contributed by atoms with Gasteiger partial charge in [-0.05, 0) is 60.3 Å². The predicted octanol–water partition coefficient (Wildman–Crippen LogP) is 3.36. The van der Waals surface area contributed by atoms with E-state index in [4.69, 9.17) is 0 Å². The first-order valence-corrected chi connectivity index (χ1v) is 23.0. The summed E-state index contributed by atoms with van der Waals surface area (Å²) < 4.78 is 27.7. The van der Waals surface area contributed by atoms with Crippen molar-refractivity contribution in [3.63, 3.8) is 0 Å². The van der Waals surface area contributed by atoms with Crippen molar-refractivity contribution < 1.29 is 42.0 Å². The van der Waals surface area contributed by atoms with Crippen molar-refractivity contribution in [1.29, 1.82) is 0 Å². The molecule has 3 aromatic rings. The van der Waals surface area contributed by atoms with Gasteiger partial charge in [0.05, 0.1) is 23.7 Å². The highest BCUT2D eigenvalue weighted by atomic mass is 32.2. The van der Waals surface area contributed by atoms with Crippen molar-refractivity contribution in [3.8, 4) is 11.1 Å². The largest absolute Gasteiger partial charge is 0.344 e. The molecular formula is C45H60N8O9S. The Morgan fingerprint density at radius 1 is 0.714 bits per heavy atom. The van der Waals surface area contributed by atoms with Gasteiger partial charge in [0.25, 0.3) is 27.7 Å². The smallest absolute Gasteiger partial charge is 0.290 e. The summed E-state index contributed by atoms with van der Waals surface area (Å²) in [4.78, 5) is 102. The van der Waals surface area contributed by atoms with Crippen LogP contribution in [0.1, 0.15) is 103 Å². The van der Waals surface area contributed by atoms with Crippen LogP contribution < -0.4 is 31.3 Å². The van der Waals surface area contributed by atoms with Crippen LogP contribution in [0.2, 0.25) is 0 Å². The average Bonchev–Trinajstić information content (AvgIpc) is 3.28. The van der Waals surface area contributed by atoms with Crippen molar-refractivity contribution >= 4 is 51.2 Å². The van der Waals surface area contributed by atoms with Gasteiger partial charge in [-0.1, -0.05) is 116 Å². The molecule has 340 valence electrons. The molecule has 1 aromatic heterocycles. The van der Waals surface area contributed by atoms with Crippen molar-refractivity contribution in [2.45, 2.75) is 121 Å². The second-order valence-corrected chi connectivity index (χ2v) is 18.0. The molecule has 2 aromatic carbocycles. The number of carbonyl (C=O) groups excluding carboxylic acids is 7. The summed E-state index contributed by atoms with van der Waals surface area (Å²) in [5.41, 5.74) is 1.66. The Labute approximate surface area is 369 Å². The number of ketones is 1. The molecule has 0 spiro atoms. The number of hydrogen-bond acceptors (Lipinski definition) is 11. The van der Waals surface area contributed by atoms with Gasteiger partial charge in [0.2, 0.25) is 23.5 Å². The van der Waals surface area contributed by atoms with Crippen LogP contribution in [0.4, 0.5) is 0 Å². The molecule has 4 rings (SSSR count). The third kappa shape index (κ3) is 15.1. The molecule has 0 saturated heterocycles. The van der Waals surface area contributed by atoms with Crippen LogP contribution in [0, 0.1) is 17.8 Å². The van der Waals surface area contributed by atoms with Crippen molar-refractivity contribution in [3.05, 3.63) is 78.9 Å². The highest BCUT2D eigenvalue weighted by Crippen LogP contribution is 2.28. The first kappa shape index (κ1) is 49.6. The van der Waals surface area contributed by atoms with Crippen LogP contribution >= 0.6 is 0 Å². The third-order valence-corrected chi connectivity index (χ3v) is 12.4. The minimum atomic E-state index is -4.31. The van der Waals surface area contributed by atoms with Gasteiger partial charge in [-0.15, -0.1) is 0 Å². The van der Waals surface area contributed by atoms with Crippen LogP contribution in [-0.4, -0.2) is 90.3 Å². The van der Waals surface area contributed by atoms with Gasteiger partial charge >= 0.3 is 0 Å². The van der Waals surface area contributed by atoms with E-state index in [1.807, 2.05) is 55.8 Å². The normalized spacial score (nSPS) is 15.4. The van der Waals surface area contributed by atoms with Gasteiger partial charge in [-0.2, -0.15) is 0 Å². The fourth-order valence-electron chi connectivity index (χ4n) is 7.29. The maximum atomic E-state index is 14.1. The maximum Gasteiger partial charge on any atom is 0.290 e. The Bertz CT molecular complexity index is 2150. The van der Waals surface area contributed by atoms with E-state index < -0.39 is 87.9 Å². The summed E-state index contributed by atoms with van der Waals surface area (Å²) in [5.74, 6) is -6.29. The van der Waals surface area contributed by atoms with Crippen LogP contribution in [0.25, 0.3) is 11.1 Å². The van der Waals surface area contributed by atoms with Gasteiger partial charge in [0, 0.05) is 12.4 Å². The SMILES string of the molecule is CC[C@H](NC(=O)[C@H](CC1CCCCC1)NC(=O)C(NC(=O)[C@H](CC(C)C)NC(=O)c1cnccn1)[C@@H](C)CC)C(=O)C(=O)NCC(=O)NS(=O)(=O)c1ccc(-c2ccccc2)cc1. The highest BCUT2D eigenvalue weighted by Gasteiger charge is 2.36. The lowest BCUT2D eigenvalue weighted by Gasteiger charge is -2.31. The van der Waals surface area contributed by atoms with Crippen molar-refractivity contribution in [2.24, 2.45) is 17.8 Å². The Morgan fingerprint density at radius 3 is 1.95 bits per heavy atom. The molecule has 0 bridgehead atoms. The number of aromatic nitrogens is 2. The van der Waals surface area contributed by atoms with E-state index >= 15 is 0 Å². The number of hydrogen-bond donors (Lipinski definition) is 6. The molecule has 17 nitrogen and oxygen atoms in total. The number of amides is 6. The van der Waals surface area contributed by atoms with Gasteiger partial charge in [-0.3, -0.25) is 38.5 Å². The molecule has 1 fully saturated rings. The maximum absolute atomic E-state index is 14.1. The molecular weight excluding hydrogens is 829 g/mol. The molecule has 0 radical (unpaired) electrons. The summed E-state index contributed by atoms with van der Waals surface area (Å²) in [5, 5.41) is 13.1. The Balaban J connectivity index is 1.41. The second-order valence-electron chi connectivity index (χ2n) is 16.4. The summed E-state index contributed by atoms with van der Waals surface area (Å²) in [6.07, 6.45) is 9.58. The summed E-state index contributed by atoms with van der Waals surface area (Å²) >= 11 is 0. The number of nitrogens with one attached hydrogen (secondary N) is 6. The number of Topliss-reactive ketones (excluding diaryl/α,β-unsaturated/α-hetero) is 1. The summed E-state index contributed by atoms with van der Waals surface area (Å²) in [6.45, 7) is 8.12. The van der Waals surface area contributed by atoms with E-state index in [9.17, 15) is 42.0 Å². The van der Waals surface area contributed by atoms with Crippen LogP contribution in [0.15, 0.2) is 78.1 Å². The average molecular weight is 889 g/mol. The molecule has 5 atom stereocenters. The van der Waals surface area contributed by atoms with E-state index in [1.54, 1.807) is 26.0 Å². The monoisotopic (exact) mass is 888 g/mol. The third-order valence-electron chi connectivity index (χ3n) is 11.0. The molecule has 6 N–H and O–H groups in total. The lowest BCUT2D eigenvalue weighted by Crippen LogP contribution is -2.60. The Hall–Kier alpha value is -6.04. The van der Waals surface area contributed by atoms with Gasteiger partial charge < -0.3 is 26.6 Å². The van der Waals surface area contributed by atoms with Gasteiger partial charge in [0.1, 0.15) is 23.8 Å². The minimum Gasteiger partial charge on any atom is -0.344 e. The molecule has 0 aliphatic heterocycles. The number of sulfonamides is 1. The molecule has 6 amide bonds. The van der Waals surface area contributed by atoms with E-state index in [1.165, 1.54) is 30.7 Å². The Kier molecular flexibility index (Phi) is 18.9. The van der Waals surface area contributed by atoms with E-state index in [0.29, 0.717) is 6.42 Å². The fourth-order valence-corrected chi connectivity index (χ4v) is 8.27. The van der Waals surface area contributed by atoms with Gasteiger partial charge in [0.15, 0.2) is 0 Å². The first-order chi connectivity index (χ1) is 30.0. The van der Waals surface area contributed by atoms with Crippen molar-refractivity contribution in [2.75, 3.05) is 6.54 Å².